The first-order valence-electron chi connectivity index (χ1n) is 5.85. The number of hydrogen-bond donors (Lipinski definition) is 0. The van der Waals surface area contributed by atoms with E-state index >= 15 is 0 Å². The Labute approximate surface area is 110 Å². The van der Waals surface area contributed by atoms with Crippen molar-refractivity contribution in [3.8, 4) is 17.6 Å². The van der Waals surface area contributed by atoms with Gasteiger partial charge in [0.15, 0.2) is 0 Å². The van der Waals surface area contributed by atoms with Crippen molar-refractivity contribution in [1.82, 2.24) is 9.55 Å². The number of aromatic nitrogens is 2. The zero-order valence-corrected chi connectivity index (χ0v) is 10.4. The van der Waals surface area contributed by atoms with Gasteiger partial charge in [0.2, 0.25) is 0 Å². The molecule has 3 aromatic rings. The van der Waals surface area contributed by atoms with E-state index in [0.29, 0.717) is 11.3 Å². The number of fused-ring (bicyclic) bond motifs is 1. The van der Waals surface area contributed by atoms with E-state index in [-0.39, 0.29) is 0 Å². The van der Waals surface area contributed by atoms with Crippen LogP contribution in [0.25, 0.3) is 11.0 Å². The Bertz CT molecular complexity index is 766. The van der Waals surface area contributed by atoms with Crippen molar-refractivity contribution in [1.29, 1.82) is 5.26 Å². The lowest BCUT2D eigenvalue weighted by atomic mass is 10.2. The van der Waals surface area contributed by atoms with Crippen LogP contribution in [0.2, 0.25) is 0 Å². The minimum atomic E-state index is 0.620. The van der Waals surface area contributed by atoms with Crippen molar-refractivity contribution in [2.24, 2.45) is 7.05 Å². The summed E-state index contributed by atoms with van der Waals surface area (Å²) in [5, 5.41) is 8.74. The Morgan fingerprint density at radius 3 is 2.58 bits per heavy atom. The third-order valence-electron chi connectivity index (χ3n) is 2.92. The van der Waals surface area contributed by atoms with E-state index in [1.807, 2.05) is 29.8 Å². The second-order valence-electron chi connectivity index (χ2n) is 4.24. The Balaban J connectivity index is 1.91. The largest absolute Gasteiger partial charge is 0.457 e. The average molecular weight is 249 g/mol. The first-order chi connectivity index (χ1) is 9.26. The van der Waals surface area contributed by atoms with Crippen LogP contribution < -0.4 is 4.74 Å². The Kier molecular flexibility index (Phi) is 2.66. The summed E-state index contributed by atoms with van der Waals surface area (Å²) in [5.41, 5.74) is 2.58. The predicted molar refractivity (Wildman–Crippen MR) is 71.9 cm³/mol. The van der Waals surface area contributed by atoms with Gasteiger partial charge >= 0.3 is 0 Å². The minimum Gasteiger partial charge on any atom is -0.457 e. The van der Waals surface area contributed by atoms with Crippen LogP contribution in [0.3, 0.4) is 0 Å². The minimum absolute atomic E-state index is 0.620. The molecule has 0 aliphatic carbocycles. The number of benzene rings is 2. The number of ether oxygens (including phenoxy) is 1. The van der Waals surface area contributed by atoms with Crippen molar-refractivity contribution >= 4 is 11.0 Å². The zero-order chi connectivity index (χ0) is 13.2. The molecule has 0 saturated carbocycles. The van der Waals surface area contributed by atoms with Crippen LogP contribution in [0, 0.1) is 11.3 Å². The fourth-order valence-corrected chi connectivity index (χ4v) is 1.90. The summed E-state index contributed by atoms with van der Waals surface area (Å²) in [5.74, 6) is 1.46. The number of imidazole rings is 1. The predicted octanol–water partition coefficient (Wildman–Crippen LogP) is 3.24. The summed E-state index contributed by atoms with van der Waals surface area (Å²) < 4.78 is 7.71. The van der Waals surface area contributed by atoms with Crippen molar-refractivity contribution < 1.29 is 4.74 Å². The lowest BCUT2D eigenvalue weighted by Gasteiger charge is -2.06. The van der Waals surface area contributed by atoms with Gasteiger partial charge in [-0.25, -0.2) is 4.98 Å². The van der Waals surface area contributed by atoms with Crippen molar-refractivity contribution in [2.75, 3.05) is 0 Å². The van der Waals surface area contributed by atoms with Gasteiger partial charge in [0.05, 0.1) is 29.0 Å². The summed E-state index contributed by atoms with van der Waals surface area (Å²) in [6.07, 6.45) is 1.77. The van der Waals surface area contributed by atoms with Gasteiger partial charge in [-0.2, -0.15) is 5.26 Å². The lowest BCUT2D eigenvalue weighted by Crippen LogP contribution is -1.87. The molecular weight excluding hydrogens is 238 g/mol. The summed E-state index contributed by atoms with van der Waals surface area (Å²) in [4.78, 5) is 4.26. The third kappa shape index (κ3) is 2.14. The monoisotopic (exact) mass is 249 g/mol. The van der Waals surface area contributed by atoms with Crippen molar-refractivity contribution in [2.45, 2.75) is 0 Å². The molecule has 0 saturated heterocycles. The van der Waals surface area contributed by atoms with Crippen molar-refractivity contribution in [3.63, 3.8) is 0 Å². The lowest BCUT2D eigenvalue weighted by molar-refractivity contribution is 0.483. The quantitative estimate of drug-likeness (QED) is 0.700. The first kappa shape index (κ1) is 11.3. The van der Waals surface area contributed by atoms with Gasteiger partial charge in [0.25, 0.3) is 0 Å². The molecule has 3 rings (SSSR count). The summed E-state index contributed by atoms with van der Waals surface area (Å²) >= 11 is 0. The van der Waals surface area contributed by atoms with Crippen LogP contribution >= 0.6 is 0 Å². The Morgan fingerprint density at radius 1 is 1.11 bits per heavy atom. The van der Waals surface area contributed by atoms with E-state index in [0.717, 1.165) is 16.8 Å². The van der Waals surface area contributed by atoms with E-state index in [4.69, 9.17) is 10.00 Å². The normalized spacial score (nSPS) is 10.3. The van der Waals surface area contributed by atoms with E-state index in [9.17, 15) is 0 Å². The molecule has 0 spiro atoms. The number of nitrogens with zero attached hydrogens (tertiary/aromatic N) is 3. The molecule has 4 nitrogen and oxygen atoms in total. The van der Waals surface area contributed by atoms with Gasteiger partial charge in [0.1, 0.15) is 11.5 Å². The summed E-state index contributed by atoms with van der Waals surface area (Å²) in [6, 6.07) is 14.9. The maximum atomic E-state index is 8.74. The molecule has 0 aliphatic heterocycles. The second kappa shape index (κ2) is 4.46. The molecule has 1 heterocycles. The molecule has 19 heavy (non-hydrogen) atoms. The van der Waals surface area contributed by atoms with Crippen LogP contribution in [-0.4, -0.2) is 9.55 Å². The van der Waals surface area contributed by atoms with E-state index in [1.54, 1.807) is 30.6 Å². The fourth-order valence-electron chi connectivity index (χ4n) is 1.90. The van der Waals surface area contributed by atoms with Crippen molar-refractivity contribution in [3.05, 3.63) is 54.4 Å². The van der Waals surface area contributed by atoms with Crippen LogP contribution in [0.1, 0.15) is 5.56 Å². The highest BCUT2D eigenvalue weighted by atomic mass is 16.5. The molecule has 0 bridgehead atoms. The first-order valence-corrected chi connectivity index (χ1v) is 5.85. The van der Waals surface area contributed by atoms with Gasteiger partial charge in [-0.1, -0.05) is 0 Å². The van der Waals surface area contributed by atoms with Crippen LogP contribution in [0.15, 0.2) is 48.8 Å². The average Bonchev–Trinajstić information content (AvgIpc) is 2.81. The second-order valence-corrected chi connectivity index (χ2v) is 4.24. The Hall–Kier alpha value is -2.80. The summed E-state index contributed by atoms with van der Waals surface area (Å²) in [6.45, 7) is 0. The maximum Gasteiger partial charge on any atom is 0.129 e. The molecular formula is C15H11N3O. The zero-order valence-electron chi connectivity index (χ0n) is 10.4. The molecule has 0 fully saturated rings. The molecule has 0 radical (unpaired) electrons. The molecule has 4 heteroatoms. The topological polar surface area (TPSA) is 50.8 Å². The van der Waals surface area contributed by atoms with Gasteiger partial charge in [-0.05, 0) is 36.4 Å². The number of hydrogen-bond acceptors (Lipinski definition) is 3. The Morgan fingerprint density at radius 2 is 1.84 bits per heavy atom. The van der Waals surface area contributed by atoms with Gasteiger partial charge in [0, 0.05) is 13.1 Å². The molecule has 1 aromatic heterocycles. The maximum absolute atomic E-state index is 8.74. The van der Waals surface area contributed by atoms with Crippen LogP contribution in [0.5, 0.6) is 11.5 Å². The number of aryl methyl sites for hydroxylation is 1. The molecule has 2 aromatic carbocycles. The highest BCUT2D eigenvalue weighted by molar-refractivity contribution is 5.77. The summed E-state index contributed by atoms with van der Waals surface area (Å²) in [7, 11) is 1.95. The molecule has 0 aliphatic rings. The van der Waals surface area contributed by atoms with Crippen LogP contribution in [0.4, 0.5) is 0 Å². The molecule has 0 N–H and O–H groups in total. The fraction of sp³-hybridized carbons (Fsp3) is 0.0667. The highest BCUT2D eigenvalue weighted by Gasteiger charge is 2.03. The highest BCUT2D eigenvalue weighted by Crippen LogP contribution is 2.25. The SMILES string of the molecule is Cn1cnc2ccc(Oc3ccc(C#N)cc3)cc21. The van der Waals surface area contributed by atoms with Gasteiger partial charge in [-0.3, -0.25) is 0 Å². The third-order valence-corrected chi connectivity index (χ3v) is 2.92. The number of nitriles is 1. The van der Waals surface area contributed by atoms with E-state index in [1.165, 1.54) is 0 Å². The molecule has 0 amide bonds. The smallest absolute Gasteiger partial charge is 0.129 e. The molecule has 92 valence electrons. The van der Waals surface area contributed by atoms with E-state index < -0.39 is 0 Å². The van der Waals surface area contributed by atoms with Gasteiger partial charge in [-0.15, -0.1) is 0 Å². The van der Waals surface area contributed by atoms with E-state index in [2.05, 4.69) is 11.1 Å². The standard InChI is InChI=1S/C15H11N3O/c1-18-10-17-14-7-6-13(8-15(14)18)19-12-4-2-11(9-16)3-5-12/h2-8,10H,1H3. The number of rotatable bonds is 2. The van der Waals surface area contributed by atoms with Crippen LogP contribution in [-0.2, 0) is 7.05 Å². The molecule has 0 atom stereocenters. The molecule has 0 unspecified atom stereocenters. The van der Waals surface area contributed by atoms with Gasteiger partial charge < -0.3 is 9.30 Å².